The molecule has 41 heavy (non-hydrogen) atoms. The topological polar surface area (TPSA) is 129 Å². The lowest BCUT2D eigenvalue weighted by atomic mass is 9.72. The number of rotatable bonds is 9. The van der Waals surface area contributed by atoms with Gasteiger partial charge in [-0.05, 0) is 31.4 Å². The lowest BCUT2D eigenvalue weighted by Crippen LogP contribution is -2.49. The molecule has 5 rings (SSSR count). The van der Waals surface area contributed by atoms with Gasteiger partial charge >= 0.3 is 5.97 Å². The smallest absolute Gasteiger partial charge is 0.316 e. The van der Waals surface area contributed by atoms with Crippen LogP contribution in [0.25, 0.3) is 22.4 Å². The van der Waals surface area contributed by atoms with Gasteiger partial charge in [0.05, 0.1) is 17.4 Å². The number of nitrogens with zero attached hydrogens (tertiary/aromatic N) is 3. The zero-order chi connectivity index (χ0) is 28.8. The second-order valence-corrected chi connectivity index (χ2v) is 10.1. The standard InChI is InChI=1S/C31H34N6O4/c1-3-41-30(40)31(23-12-8-5-9-13-23)14-18-37(19-15-31)29(39)25-20-24-27(33-17-16-32-21(2)38)35-26(36-28(24)34-25)22-10-6-4-7-11-22/h4-13,20H,3,14-19H2,1-2H3,(H,32,38)(H2,33,34,35,36). The lowest BCUT2D eigenvalue weighted by Gasteiger charge is -2.40. The van der Waals surface area contributed by atoms with Crippen molar-refractivity contribution in [2.45, 2.75) is 32.1 Å². The number of amides is 2. The van der Waals surface area contributed by atoms with Gasteiger partial charge in [0.25, 0.3) is 5.91 Å². The number of benzene rings is 2. The predicted octanol–water partition coefficient (Wildman–Crippen LogP) is 3.91. The van der Waals surface area contributed by atoms with Crippen molar-refractivity contribution in [1.29, 1.82) is 0 Å². The molecule has 3 N–H and O–H groups in total. The maximum absolute atomic E-state index is 13.7. The molecule has 212 valence electrons. The number of carbonyl (C=O) groups is 3. The van der Waals surface area contributed by atoms with E-state index in [9.17, 15) is 14.4 Å². The van der Waals surface area contributed by atoms with Crippen LogP contribution in [-0.4, -0.2) is 70.4 Å². The summed E-state index contributed by atoms with van der Waals surface area (Å²) in [5.74, 6) is 0.557. The third-order valence-electron chi connectivity index (χ3n) is 7.44. The number of piperidine rings is 1. The number of hydrogen-bond acceptors (Lipinski definition) is 7. The lowest BCUT2D eigenvalue weighted by molar-refractivity contribution is -0.152. The summed E-state index contributed by atoms with van der Waals surface area (Å²) in [7, 11) is 0. The van der Waals surface area contributed by atoms with Gasteiger partial charge in [0.2, 0.25) is 5.91 Å². The highest BCUT2D eigenvalue weighted by molar-refractivity contribution is 6.00. The van der Waals surface area contributed by atoms with Crippen LogP contribution >= 0.6 is 0 Å². The van der Waals surface area contributed by atoms with Crippen LogP contribution in [-0.2, 0) is 19.7 Å². The van der Waals surface area contributed by atoms with Crippen LogP contribution < -0.4 is 10.6 Å². The maximum atomic E-state index is 13.7. The molecular formula is C31H34N6O4. The van der Waals surface area contributed by atoms with Crippen molar-refractivity contribution in [2.24, 2.45) is 0 Å². The predicted molar refractivity (Wildman–Crippen MR) is 156 cm³/mol. The molecule has 1 aliphatic heterocycles. The van der Waals surface area contributed by atoms with E-state index in [1.54, 1.807) is 17.9 Å². The van der Waals surface area contributed by atoms with Gasteiger partial charge in [-0.1, -0.05) is 60.7 Å². The molecule has 1 saturated heterocycles. The Hall–Kier alpha value is -4.73. The number of aromatic amines is 1. The minimum absolute atomic E-state index is 0.111. The molecule has 2 amide bonds. The minimum atomic E-state index is -0.782. The average Bonchev–Trinajstić information content (AvgIpc) is 3.44. The van der Waals surface area contributed by atoms with Crippen molar-refractivity contribution in [1.82, 2.24) is 25.2 Å². The number of nitrogens with one attached hydrogen (secondary N) is 3. The van der Waals surface area contributed by atoms with Crippen LogP contribution in [0.15, 0.2) is 66.7 Å². The third kappa shape index (κ3) is 5.91. The molecule has 4 aromatic rings. The fraction of sp³-hybridized carbons (Fsp3) is 0.323. The number of aromatic nitrogens is 3. The second kappa shape index (κ2) is 12.2. The number of ether oxygens (including phenoxy) is 1. The molecule has 0 unspecified atom stereocenters. The van der Waals surface area contributed by atoms with Gasteiger partial charge in [0, 0.05) is 38.7 Å². The first-order valence-corrected chi connectivity index (χ1v) is 13.9. The summed E-state index contributed by atoms with van der Waals surface area (Å²) in [6.45, 7) is 5.27. The Kier molecular flexibility index (Phi) is 8.28. The van der Waals surface area contributed by atoms with Crippen LogP contribution in [0, 0.1) is 0 Å². The number of H-pyrrole nitrogens is 1. The van der Waals surface area contributed by atoms with Gasteiger partial charge in [0.1, 0.15) is 17.2 Å². The molecule has 0 atom stereocenters. The van der Waals surface area contributed by atoms with E-state index in [4.69, 9.17) is 14.7 Å². The Morgan fingerprint density at radius 1 is 0.976 bits per heavy atom. The first-order valence-electron chi connectivity index (χ1n) is 13.9. The SMILES string of the molecule is CCOC(=O)C1(c2ccccc2)CCN(C(=O)c2cc3c(NCCNC(C)=O)nc(-c4ccccc4)nc3[nH]2)CC1. The van der Waals surface area contributed by atoms with Crippen molar-refractivity contribution >= 4 is 34.6 Å². The number of anilines is 1. The Balaban J connectivity index is 1.40. The summed E-state index contributed by atoms with van der Waals surface area (Å²) in [6, 6.07) is 21.0. The summed E-state index contributed by atoms with van der Waals surface area (Å²) in [6.07, 6.45) is 0.936. The number of fused-ring (bicyclic) bond motifs is 1. The van der Waals surface area contributed by atoms with Crippen LogP contribution in [0.4, 0.5) is 5.82 Å². The number of hydrogen-bond donors (Lipinski definition) is 3. The van der Waals surface area contributed by atoms with E-state index in [1.807, 2.05) is 60.7 Å². The zero-order valence-electron chi connectivity index (χ0n) is 23.3. The molecule has 1 fully saturated rings. The van der Waals surface area contributed by atoms with Crippen LogP contribution in [0.1, 0.15) is 42.7 Å². The highest BCUT2D eigenvalue weighted by Crippen LogP contribution is 2.37. The first-order chi connectivity index (χ1) is 19.9. The van der Waals surface area contributed by atoms with Crippen molar-refractivity contribution in [3.05, 3.63) is 78.0 Å². The normalized spacial score (nSPS) is 14.4. The van der Waals surface area contributed by atoms with Gasteiger partial charge in [-0.25, -0.2) is 9.97 Å². The average molecular weight is 555 g/mol. The summed E-state index contributed by atoms with van der Waals surface area (Å²) in [4.78, 5) is 52.5. The van der Waals surface area contributed by atoms with E-state index in [0.29, 0.717) is 74.0 Å². The van der Waals surface area contributed by atoms with E-state index >= 15 is 0 Å². The fourth-order valence-corrected chi connectivity index (χ4v) is 5.29. The fourth-order valence-electron chi connectivity index (χ4n) is 5.29. The Morgan fingerprint density at radius 2 is 1.66 bits per heavy atom. The number of carbonyl (C=O) groups excluding carboxylic acids is 3. The molecule has 10 nitrogen and oxygen atoms in total. The maximum Gasteiger partial charge on any atom is 0.316 e. The third-order valence-corrected chi connectivity index (χ3v) is 7.44. The molecule has 0 saturated carbocycles. The molecule has 2 aromatic heterocycles. The van der Waals surface area contributed by atoms with Gasteiger partial charge in [-0.3, -0.25) is 14.4 Å². The molecule has 0 spiro atoms. The minimum Gasteiger partial charge on any atom is -0.465 e. The quantitative estimate of drug-likeness (QED) is 0.211. The zero-order valence-corrected chi connectivity index (χ0v) is 23.3. The van der Waals surface area contributed by atoms with Crippen LogP contribution in [0.5, 0.6) is 0 Å². The van der Waals surface area contributed by atoms with Gasteiger partial charge in [-0.15, -0.1) is 0 Å². The molecule has 3 heterocycles. The molecule has 10 heteroatoms. The summed E-state index contributed by atoms with van der Waals surface area (Å²) in [5, 5.41) is 6.72. The van der Waals surface area contributed by atoms with E-state index in [-0.39, 0.29) is 17.8 Å². The number of esters is 1. The van der Waals surface area contributed by atoms with Crippen molar-refractivity contribution in [3.8, 4) is 11.4 Å². The van der Waals surface area contributed by atoms with E-state index in [0.717, 1.165) is 11.1 Å². The summed E-state index contributed by atoms with van der Waals surface area (Å²) >= 11 is 0. The largest absolute Gasteiger partial charge is 0.465 e. The summed E-state index contributed by atoms with van der Waals surface area (Å²) < 4.78 is 5.48. The van der Waals surface area contributed by atoms with Gasteiger partial charge < -0.3 is 25.3 Å². The first kappa shape index (κ1) is 27.8. The highest BCUT2D eigenvalue weighted by Gasteiger charge is 2.45. The second-order valence-electron chi connectivity index (χ2n) is 10.1. The van der Waals surface area contributed by atoms with Crippen LogP contribution in [0.2, 0.25) is 0 Å². The molecule has 2 aromatic carbocycles. The molecule has 1 aliphatic rings. The van der Waals surface area contributed by atoms with E-state index in [1.165, 1.54) is 6.92 Å². The molecule has 0 bridgehead atoms. The molecule has 0 aliphatic carbocycles. The van der Waals surface area contributed by atoms with E-state index in [2.05, 4.69) is 15.6 Å². The van der Waals surface area contributed by atoms with Crippen molar-refractivity contribution < 1.29 is 19.1 Å². The van der Waals surface area contributed by atoms with Crippen molar-refractivity contribution in [3.63, 3.8) is 0 Å². The number of likely N-dealkylation sites (tertiary alicyclic amines) is 1. The van der Waals surface area contributed by atoms with Crippen molar-refractivity contribution in [2.75, 3.05) is 38.1 Å². The summed E-state index contributed by atoms with van der Waals surface area (Å²) in [5.41, 5.74) is 1.90. The van der Waals surface area contributed by atoms with Crippen LogP contribution in [0.3, 0.4) is 0 Å². The molecule has 0 radical (unpaired) electrons. The van der Waals surface area contributed by atoms with Gasteiger partial charge in [0.15, 0.2) is 5.82 Å². The Bertz CT molecular complexity index is 1530. The van der Waals surface area contributed by atoms with Gasteiger partial charge in [-0.2, -0.15) is 0 Å². The Labute approximate surface area is 238 Å². The Morgan fingerprint density at radius 3 is 2.32 bits per heavy atom. The monoisotopic (exact) mass is 554 g/mol. The highest BCUT2D eigenvalue weighted by atomic mass is 16.5. The molecular weight excluding hydrogens is 520 g/mol. The van der Waals surface area contributed by atoms with E-state index < -0.39 is 5.41 Å².